The minimum absolute atomic E-state index is 0.0324. The summed E-state index contributed by atoms with van der Waals surface area (Å²) in [6.45, 7) is 8.18. The summed E-state index contributed by atoms with van der Waals surface area (Å²) in [5.41, 5.74) is -1.45. The van der Waals surface area contributed by atoms with Gasteiger partial charge < -0.3 is 10.2 Å². The van der Waals surface area contributed by atoms with Crippen LogP contribution >= 0.6 is 0 Å². The van der Waals surface area contributed by atoms with Gasteiger partial charge in [0.05, 0.1) is 0 Å². The van der Waals surface area contributed by atoms with Crippen molar-refractivity contribution in [1.82, 2.24) is 5.32 Å². The van der Waals surface area contributed by atoms with Crippen LogP contribution in [0.3, 0.4) is 0 Å². The highest BCUT2D eigenvalue weighted by Crippen LogP contribution is 2.13. The van der Waals surface area contributed by atoms with Crippen LogP contribution in [0, 0.1) is 0 Å². The zero-order chi connectivity index (χ0) is 9.94. The lowest BCUT2D eigenvalue weighted by atomic mass is 10.00. The second kappa shape index (κ2) is 3.58. The Hall–Kier alpha value is -1.03. The molecule has 12 heavy (non-hydrogen) atoms. The van der Waals surface area contributed by atoms with E-state index in [0.717, 1.165) is 0 Å². The second-order valence-corrected chi connectivity index (χ2v) is 3.18. The zero-order valence-electron chi connectivity index (χ0n) is 7.59. The van der Waals surface area contributed by atoms with Crippen molar-refractivity contribution < 1.29 is 15.0 Å². The lowest BCUT2D eigenvalue weighted by Crippen LogP contribution is -2.53. The molecule has 70 valence electrons. The van der Waals surface area contributed by atoms with Crippen molar-refractivity contribution in [3.8, 4) is 0 Å². The molecular weight excluding hydrogens is 158 g/mol. The molecule has 0 aliphatic carbocycles. The molecule has 0 aliphatic heterocycles. The molecule has 0 bridgehead atoms. The average Bonchev–Trinajstić information content (AvgIpc) is 1.84. The number of nitrogens with one attached hydrogen (secondary N) is 1. The largest absolute Gasteiger partial charge is 0.510 e. The summed E-state index contributed by atoms with van der Waals surface area (Å²) in [5.74, 6) is -1.52. The molecule has 0 saturated heterocycles. The fourth-order valence-corrected chi connectivity index (χ4v) is 0.846. The average molecular weight is 173 g/mol. The van der Waals surface area contributed by atoms with Crippen molar-refractivity contribution in [2.75, 3.05) is 0 Å². The monoisotopic (exact) mass is 173 g/mol. The number of hydrogen-bond acceptors (Lipinski definition) is 3. The van der Waals surface area contributed by atoms with Gasteiger partial charge in [-0.25, -0.2) is 4.79 Å². The third kappa shape index (κ3) is 2.23. The van der Waals surface area contributed by atoms with Crippen LogP contribution < -0.4 is 5.32 Å². The summed E-state index contributed by atoms with van der Waals surface area (Å²) >= 11 is 0. The van der Waals surface area contributed by atoms with E-state index < -0.39 is 11.5 Å². The van der Waals surface area contributed by atoms with E-state index in [2.05, 4.69) is 11.9 Å². The zero-order valence-corrected chi connectivity index (χ0v) is 7.59. The molecule has 4 heteroatoms. The third-order valence-corrected chi connectivity index (χ3v) is 1.58. The predicted octanol–water partition coefficient (Wildman–Crippen LogP) is 0.899. The molecule has 0 aromatic heterocycles. The van der Waals surface area contributed by atoms with Gasteiger partial charge >= 0.3 is 5.97 Å². The summed E-state index contributed by atoms with van der Waals surface area (Å²) in [7, 11) is 0. The van der Waals surface area contributed by atoms with Gasteiger partial charge in [-0.3, -0.25) is 5.32 Å². The molecule has 0 aliphatic rings. The number of aliphatic hydroxyl groups is 1. The van der Waals surface area contributed by atoms with Gasteiger partial charge in [-0.15, -0.1) is 0 Å². The van der Waals surface area contributed by atoms with E-state index >= 15 is 0 Å². The fraction of sp³-hybridized carbons (Fsp3) is 0.625. The third-order valence-electron chi connectivity index (χ3n) is 1.58. The number of carboxylic acid groups (broad SMARTS) is 1. The van der Waals surface area contributed by atoms with Crippen LogP contribution in [0.25, 0.3) is 0 Å². The Morgan fingerprint density at radius 2 is 1.92 bits per heavy atom. The highest BCUT2D eigenvalue weighted by Gasteiger charge is 2.36. The Balaban J connectivity index is 4.63. The van der Waals surface area contributed by atoms with Gasteiger partial charge in [-0.05, 0) is 20.8 Å². The molecule has 3 N–H and O–H groups in total. The maximum absolute atomic E-state index is 10.7. The van der Waals surface area contributed by atoms with E-state index in [9.17, 15) is 4.79 Å². The quantitative estimate of drug-likeness (QED) is 0.552. The van der Waals surface area contributed by atoms with Crippen LogP contribution in [0.2, 0.25) is 0 Å². The summed E-state index contributed by atoms with van der Waals surface area (Å²) in [5, 5.41) is 20.5. The molecule has 1 unspecified atom stereocenters. The van der Waals surface area contributed by atoms with Crippen LogP contribution in [0.15, 0.2) is 12.3 Å². The topological polar surface area (TPSA) is 69.6 Å². The SMILES string of the molecule is C=C(O)C(C)(NC(C)C)C(=O)O. The summed E-state index contributed by atoms with van der Waals surface area (Å²) < 4.78 is 0. The number of carbonyl (C=O) groups is 1. The van der Waals surface area contributed by atoms with E-state index in [1.165, 1.54) is 6.92 Å². The Kier molecular flexibility index (Phi) is 3.27. The number of aliphatic carboxylic acids is 1. The lowest BCUT2D eigenvalue weighted by molar-refractivity contribution is -0.143. The van der Waals surface area contributed by atoms with Gasteiger partial charge in [0.25, 0.3) is 0 Å². The maximum Gasteiger partial charge on any atom is 0.331 e. The van der Waals surface area contributed by atoms with Crippen molar-refractivity contribution in [3.05, 3.63) is 12.3 Å². The van der Waals surface area contributed by atoms with E-state index in [1.807, 2.05) is 0 Å². The van der Waals surface area contributed by atoms with Crippen molar-refractivity contribution in [1.29, 1.82) is 0 Å². The minimum atomic E-state index is -1.45. The van der Waals surface area contributed by atoms with Gasteiger partial charge in [0.2, 0.25) is 0 Å². The van der Waals surface area contributed by atoms with Crippen molar-refractivity contribution >= 4 is 5.97 Å². The molecule has 0 fully saturated rings. The number of aliphatic hydroxyl groups excluding tert-OH is 1. The predicted molar refractivity (Wildman–Crippen MR) is 46.1 cm³/mol. The Bertz CT molecular complexity index is 184. The smallest absolute Gasteiger partial charge is 0.331 e. The Labute approximate surface area is 71.9 Å². The molecule has 0 amide bonds. The van der Waals surface area contributed by atoms with Gasteiger partial charge in [-0.1, -0.05) is 6.58 Å². The summed E-state index contributed by atoms with van der Waals surface area (Å²) in [6.07, 6.45) is 0. The maximum atomic E-state index is 10.7. The lowest BCUT2D eigenvalue weighted by Gasteiger charge is -2.27. The van der Waals surface area contributed by atoms with Crippen molar-refractivity contribution in [3.63, 3.8) is 0 Å². The first-order chi connectivity index (χ1) is 5.30. The number of rotatable bonds is 4. The molecule has 0 heterocycles. The Morgan fingerprint density at radius 3 is 2.00 bits per heavy atom. The molecule has 0 radical (unpaired) electrons. The van der Waals surface area contributed by atoms with Crippen molar-refractivity contribution in [2.24, 2.45) is 0 Å². The van der Waals surface area contributed by atoms with E-state index in [-0.39, 0.29) is 11.8 Å². The Morgan fingerprint density at radius 1 is 1.50 bits per heavy atom. The molecule has 0 aromatic carbocycles. The molecule has 0 aromatic rings. The van der Waals surface area contributed by atoms with E-state index in [4.69, 9.17) is 10.2 Å². The molecule has 0 saturated carbocycles. The van der Waals surface area contributed by atoms with Gasteiger partial charge in [0.15, 0.2) is 5.54 Å². The van der Waals surface area contributed by atoms with Gasteiger partial charge in [0.1, 0.15) is 5.76 Å². The highest BCUT2D eigenvalue weighted by atomic mass is 16.4. The number of hydrogen-bond donors (Lipinski definition) is 3. The minimum Gasteiger partial charge on any atom is -0.510 e. The van der Waals surface area contributed by atoms with E-state index in [0.29, 0.717) is 0 Å². The molecule has 0 spiro atoms. The van der Waals surface area contributed by atoms with E-state index in [1.54, 1.807) is 13.8 Å². The fourth-order valence-electron chi connectivity index (χ4n) is 0.846. The first-order valence-corrected chi connectivity index (χ1v) is 3.70. The van der Waals surface area contributed by atoms with Crippen LogP contribution in [-0.4, -0.2) is 27.8 Å². The van der Waals surface area contributed by atoms with Crippen LogP contribution in [-0.2, 0) is 4.79 Å². The number of carboxylic acids is 1. The van der Waals surface area contributed by atoms with Gasteiger partial charge in [-0.2, -0.15) is 0 Å². The first-order valence-electron chi connectivity index (χ1n) is 3.70. The molecule has 1 atom stereocenters. The van der Waals surface area contributed by atoms with Crippen LogP contribution in [0.4, 0.5) is 0 Å². The first kappa shape index (κ1) is 11.0. The molecular formula is C8H15NO3. The second-order valence-electron chi connectivity index (χ2n) is 3.18. The normalized spacial score (nSPS) is 15.7. The van der Waals surface area contributed by atoms with Crippen molar-refractivity contribution in [2.45, 2.75) is 32.4 Å². The van der Waals surface area contributed by atoms with Gasteiger partial charge in [0, 0.05) is 6.04 Å². The standard InChI is InChI=1S/C8H15NO3/c1-5(2)9-8(4,6(3)10)7(11)12/h5,9-10H,3H2,1-2,4H3,(H,11,12). The summed E-state index contributed by atoms with van der Waals surface area (Å²) in [4.78, 5) is 10.7. The highest BCUT2D eigenvalue weighted by molar-refractivity contribution is 5.81. The molecule has 0 rings (SSSR count). The molecule has 4 nitrogen and oxygen atoms in total. The van der Waals surface area contributed by atoms with Crippen LogP contribution in [0.1, 0.15) is 20.8 Å². The van der Waals surface area contributed by atoms with Crippen LogP contribution in [0.5, 0.6) is 0 Å². The summed E-state index contributed by atoms with van der Waals surface area (Å²) in [6, 6.07) is -0.0324.